The first-order valence-corrected chi connectivity index (χ1v) is 7.62. The summed E-state index contributed by atoms with van der Waals surface area (Å²) < 4.78 is 21.2. The van der Waals surface area contributed by atoms with Crippen LogP contribution in [0.15, 0.2) is 22.7 Å². The van der Waals surface area contributed by atoms with E-state index in [9.17, 15) is 4.79 Å². The third-order valence-electron chi connectivity index (χ3n) is 3.73. The third kappa shape index (κ3) is 3.03. The Morgan fingerprint density at radius 2 is 2.25 bits per heavy atom. The van der Waals surface area contributed by atoms with Crippen LogP contribution < -0.4 is 20.1 Å². The monoisotopic (exact) mass is 332 g/mol. The van der Waals surface area contributed by atoms with Crippen molar-refractivity contribution >= 4 is 5.91 Å². The highest BCUT2D eigenvalue weighted by atomic mass is 16.7. The van der Waals surface area contributed by atoms with E-state index >= 15 is 0 Å². The summed E-state index contributed by atoms with van der Waals surface area (Å²) in [6.45, 7) is 2.16. The molecule has 1 atom stereocenters. The lowest BCUT2D eigenvalue weighted by Gasteiger charge is -2.22. The lowest BCUT2D eigenvalue weighted by molar-refractivity contribution is -0.134. The van der Waals surface area contributed by atoms with Crippen LogP contribution in [0.2, 0.25) is 0 Å². The minimum absolute atomic E-state index is 0.173. The van der Waals surface area contributed by atoms with E-state index in [4.69, 9.17) is 18.7 Å². The topological polar surface area (TPSA) is 108 Å². The largest absolute Gasteiger partial charge is 0.454 e. The normalized spacial score (nSPS) is 19.2. The lowest BCUT2D eigenvalue weighted by atomic mass is 10.2. The van der Waals surface area contributed by atoms with Crippen LogP contribution in [-0.2, 0) is 16.1 Å². The molecule has 0 bridgehead atoms. The van der Waals surface area contributed by atoms with Crippen LogP contribution in [0, 0.1) is 0 Å². The van der Waals surface area contributed by atoms with Crippen LogP contribution >= 0.6 is 0 Å². The van der Waals surface area contributed by atoms with Gasteiger partial charge in [-0.05, 0) is 18.2 Å². The maximum atomic E-state index is 12.0. The Kier molecular flexibility index (Phi) is 4.01. The fourth-order valence-electron chi connectivity index (χ4n) is 2.49. The Hall–Kier alpha value is -2.65. The quantitative estimate of drug-likeness (QED) is 0.810. The Morgan fingerprint density at radius 3 is 3.12 bits per heavy atom. The van der Waals surface area contributed by atoms with Crippen molar-refractivity contribution in [3.05, 3.63) is 24.0 Å². The smallest absolute Gasteiger partial charge is 0.258 e. The van der Waals surface area contributed by atoms with Crippen molar-refractivity contribution in [2.24, 2.45) is 0 Å². The van der Waals surface area contributed by atoms with Crippen molar-refractivity contribution < 1.29 is 23.5 Å². The predicted molar refractivity (Wildman–Crippen MR) is 80.3 cm³/mol. The van der Waals surface area contributed by atoms with Crippen LogP contribution in [-0.4, -0.2) is 48.6 Å². The van der Waals surface area contributed by atoms with E-state index in [0.29, 0.717) is 36.4 Å². The van der Waals surface area contributed by atoms with Crippen molar-refractivity contribution in [1.82, 2.24) is 20.8 Å². The van der Waals surface area contributed by atoms with Gasteiger partial charge in [-0.15, -0.1) is 0 Å². The Bertz CT molecular complexity index is 741. The Labute approximate surface area is 137 Å². The molecule has 0 spiro atoms. The highest BCUT2D eigenvalue weighted by molar-refractivity contribution is 5.81. The number of carbonyl (C=O) groups excluding carboxylic acids is 1. The summed E-state index contributed by atoms with van der Waals surface area (Å²) in [5.41, 5.74) is 0.726. The lowest BCUT2D eigenvalue weighted by Crippen LogP contribution is -2.47. The maximum absolute atomic E-state index is 12.0. The van der Waals surface area contributed by atoms with E-state index in [1.165, 1.54) is 0 Å². The number of ether oxygens (including phenoxy) is 3. The van der Waals surface area contributed by atoms with Crippen LogP contribution in [0.4, 0.5) is 0 Å². The number of morpholine rings is 1. The summed E-state index contributed by atoms with van der Waals surface area (Å²) in [5, 5.41) is 9.72. The number of nitrogens with one attached hydrogen (secondary N) is 2. The molecule has 1 amide bonds. The fourth-order valence-corrected chi connectivity index (χ4v) is 2.49. The minimum atomic E-state index is -0.487. The molecule has 0 radical (unpaired) electrons. The fraction of sp³-hybridized carbons (Fsp3) is 0.400. The van der Waals surface area contributed by atoms with Crippen molar-refractivity contribution in [2.75, 3.05) is 26.5 Å². The number of hydrogen-bond donors (Lipinski definition) is 2. The molecular weight excluding hydrogens is 316 g/mol. The zero-order valence-electron chi connectivity index (χ0n) is 12.8. The molecule has 2 N–H and O–H groups in total. The molecule has 1 aromatic carbocycles. The second-order valence-corrected chi connectivity index (χ2v) is 5.37. The summed E-state index contributed by atoms with van der Waals surface area (Å²) in [4.78, 5) is 16.3. The van der Waals surface area contributed by atoms with E-state index in [2.05, 4.69) is 20.8 Å². The van der Waals surface area contributed by atoms with Gasteiger partial charge in [-0.1, -0.05) is 5.16 Å². The molecule has 0 saturated carbocycles. The zero-order valence-corrected chi connectivity index (χ0v) is 12.8. The molecule has 0 aliphatic carbocycles. The average Bonchev–Trinajstić information content (AvgIpc) is 3.29. The van der Waals surface area contributed by atoms with Gasteiger partial charge in [0.15, 0.2) is 17.3 Å². The number of aromatic nitrogens is 2. The standard InChI is InChI=1S/C15H16N4O5/c20-14(12-6-16-3-4-21-12)17-7-13-18-15(24-19-13)9-1-2-10-11(5-9)23-8-22-10/h1-2,5,12,16H,3-4,6-8H2,(H,17,20)/t12-/m0/s1. The zero-order chi connectivity index (χ0) is 16.4. The van der Waals surface area contributed by atoms with Gasteiger partial charge in [0, 0.05) is 18.7 Å². The van der Waals surface area contributed by atoms with E-state index in [-0.39, 0.29) is 19.2 Å². The molecule has 4 rings (SSSR count). The third-order valence-corrected chi connectivity index (χ3v) is 3.73. The molecule has 1 saturated heterocycles. The van der Waals surface area contributed by atoms with E-state index in [1.807, 2.05) is 6.07 Å². The number of hydrogen-bond acceptors (Lipinski definition) is 8. The highest BCUT2D eigenvalue weighted by Crippen LogP contribution is 2.35. The molecule has 24 heavy (non-hydrogen) atoms. The van der Waals surface area contributed by atoms with Gasteiger partial charge in [0.25, 0.3) is 11.8 Å². The van der Waals surface area contributed by atoms with Gasteiger partial charge in [-0.2, -0.15) is 4.98 Å². The second-order valence-electron chi connectivity index (χ2n) is 5.37. The van der Waals surface area contributed by atoms with E-state index in [0.717, 1.165) is 12.1 Å². The summed E-state index contributed by atoms with van der Waals surface area (Å²) in [7, 11) is 0. The summed E-state index contributed by atoms with van der Waals surface area (Å²) >= 11 is 0. The predicted octanol–water partition coefficient (Wildman–Crippen LogP) is 0.0699. The van der Waals surface area contributed by atoms with Gasteiger partial charge < -0.3 is 29.4 Å². The average molecular weight is 332 g/mol. The van der Waals surface area contributed by atoms with Crippen LogP contribution in [0.25, 0.3) is 11.5 Å². The Morgan fingerprint density at radius 1 is 1.33 bits per heavy atom. The van der Waals surface area contributed by atoms with Gasteiger partial charge in [-0.25, -0.2) is 0 Å². The van der Waals surface area contributed by atoms with E-state index in [1.54, 1.807) is 12.1 Å². The van der Waals surface area contributed by atoms with Crippen molar-refractivity contribution in [1.29, 1.82) is 0 Å². The molecule has 3 heterocycles. The number of carbonyl (C=O) groups is 1. The van der Waals surface area contributed by atoms with Crippen molar-refractivity contribution in [3.63, 3.8) is 0 Å². The molecule has 2 aliphatic heterocycles. The number of benzene rings is 1. The minimum Gasteiger partial charge on any atom is -0.454 e. The first-order valence-electron chi connectivity index (χ1n) is 7.62. The molecule has 126 valence electrons. The molecule has 2 aromatic rings. The molecule has 1 aromatic heterocycles. The highest BCUT2D eigenvalue weighted by Gasteiger charge is 2.22. The number of nitrogens with zero attached hydrogens (tertiary/aromatic N) is 2. The van der Waals surface area contributed by atoms with Gasteiger partial charge in [0.2, 0.25) is 6.79 Å². The maximum Gasteiger partial charge on any atom is 0.258 e. The van der Waals surface area contributed by atoms with E-state index < -0.39 is 6.10 Å². The SMILES string of the molecule is O=C(NCc1noc(-c2ccc3c(c2)OCO3)n1)[C@@H]1CNCCO1. The molecule has 1 fully saturated rings. The summed E-state index contributed by atoms with van der Waals surface area (Å²) in [6, 6.07) is 5.38. The summed E-state index contributed by atoms with van der Waals surface area (Å²) in [5.74, 6) is 1.87. The van der Waals surface area contributed by atoms with Crippen molar-refractivity contribution in [3.8, 4) is 23.0 Å². The number of fused-ring (bicyclic) bond motifs is 1. The first kappa shape index (κ1) is 14.9. The molecule has 2 aliphatic rings. The second kappa shape index (κ2) is 6.46. The van der Waals surface area contributed by atoms with Crippen molar-refractivity contribution in [2.45, 2.75) is 12.6 Å². The summed E-state index contributed by atoms with van der Waals surface area (Å²) in [6.07, 6.45) is -0.487. The van der Waals surface area contributed by atoms with Gasteiger partial charge in [-0.3, -0.25) is 4.79 Å². The molecule has 9 heteroatoms. The molecular formula is C15H16N4O5. The number of rotatable bonds is 4. The number of amides is 1. The molecule has 9 nitrogen and oxygen atoms in total. The first-order chi connectivity index (χ1) is 11.8. The van der Waals surface area contributed by atoms with Crippen LogP contribution in [0.5, 0.6) is 11.5 Å². The van der Waals surface area contributed by atoms with Gasteiger partial charge in [0.1, 0.15) is 6.10 Å². The van der Waals surface area contributed by atoms with Crippen LogP contribution in [0.1, 0.15) is 5.82 Å². The van der Waals surface area contributed by atoms with Gasteiger partial charge in [0.05, 0.1) is 13.2 Å². The van der Waals surface area contributed by atoms with Gasteiger partial charge >= 0.3 is 0 Å². The molecule has 0 unspecified atom stereocenters. The van der Waals surface area contributed by atoms with Crippen LogP contribution in [0.3, 0.4) is 0 Å². The Balaban J connectivity index is 1.39.